The van der Waals surface area contributed by atoms with E-state index in [0.29, 0.717) is 51.2 Å². The third-order valence-corrected chi connectivity index (χ3v) is 10.5. The van der Waals surface area contributed by atoms with Crippen LogP contribution < -0.4 is 28.4 Å². The fraction of sp³-hybridized carbons (Fsp3) is 0.359. The number of benzene rings is 4. The molecule has 0 saturated carbocycles. The Labute approximate surface area is 294 Å². The minimum atomic E-state index is -2.39. The van der Waals surface area contributed by atoms with Gasteiger partial charge in [0, 0.05) is 17.7 Å². The van der Waals surface area contributed by atoms with E-state index in [4.69, 9.17) is 42.6 Å². The molecule has 51 heavy (non-hydrogen) atoms. The maximum absolute atomic E-state index is 14.0. The summed E-state index contributed by atoms with van der Waals surface area (Å²) in [5, 5.41) is 23.8. The number of hydrogen-bond acceptors (Lipinski definition) is 12. The number of methoxy groups -OCH3 is 5. The van der Waals surface area contributed by atoms with Gasteiger partial charge in [0.2, 0.25) is 5.60 Å². The number of carbonyl (C=O) groups excluding carboxylic acids is 1. The van der Waals surface area contributed by atoms with E-state index in [-0.39, 0.29) is 6.61 Å². The van der Waals surface area contributed by atoms with Crippen molar-refractivity contribution in [2.75, 3.05) is 42.2 Å². The molecule has 3 fully saturated rings. The Morgan fingerprint density at radius 1 is 0.667 bits per heavy atom. The van der Waals surface area contributed by atoms with E-state index in [9.17, 15) is 15.0 Å². The Morgan fingerprint density at radius 3 is 1.78 bits per heavy atom. The van der Waals surface area contributed by atoms with Crippen molar-refractivity contribution >= 4 is 5.97 Å². The number of carbonyl (C=O) groups is 1. The smallest absolute Gasteiger partial charge is 0.345 e. The first-order chi connectivity index (χ1) is 24.7. The average Bonchev–Trinajstić information content (AvgIpc) is 3.85. The Morgan fingerprint density at radius 2 is 1.22 bits per heavy atom. The molecular formula is C39H38O12. The monoisotopic (exact) mass is 698 g/mol. The summed E-state index contributed by atoms with van der Waals surface area (Å²) >= 11 is 0. The van der Waals surface area contributed by atoms with Crippen molar-refractivity contribution in [2.24, 2.45) is 0 Å². The zero-order chi connectivity index (χ0) is 35.7. The number of aliphatic hydroxyl groups excluding tert-OH is 1. The molecular weight excluding hydrogens is 660 g/mol. The summed E-state index contributed by atoms with van der Waals surface area (Å²) in [6.07, 6.45) is -4.03. The predicted octanol–water partition coefficient (Wildman–Crippen LogP) is 4.59. The van der Waals surface area contributed by atoms with E-state index in [1.54, 1.807) is 58.8 Å². The number of fused-ring (bicyclic) bond motifs is 1. The fourth-order valence-corrected chi connectivity index (χ4v) is 8.10. The molecule has 12 heteroatoms. The van der Waals surface area contributed by atoms with Crippen molar-refractivity contribution in [3.05, 3.63) is 107 Å². The van der Waals surface area contributed by atoms with Gasteiger partial charge in [0.25, 0.3) is 5.79 Å². The number of esters is 1. The molecule has 8 atom stereocenters. The first-order valence-corrected chi connectivity index (χ1v) is 16.5. The van der Waals surface area contributed by atoms with Gasteiger partial charge < -0.3 is 52.8 Å². The standard InChI is InChI=1S/C39H38O12/c1-43-23-10-6-20(7-11-23)34-31(22-14-25(45-3)16-26(15-22)46-4)32-28(17-27(47-5)18-30(32)49-34)33-35(21-8-12-24(44-2)13-9-21)51-39-36(29(40)19-48-39)50-37(41)38(33,39)42/h6-18,29,31,33-36,40,42H,19H2,1-5H3/t29-,31+,33-,34-,35-,36+,38+,39+/m0/s1. The third-order valence-electron chi connectivity index (χ3n) is 10.5. The molecule has 266 valence electrons. The Hall–Kier alpha value is -5.01. The first kappa shape index (κ1) is 33.2. The Bertz CT molecular complexity index is 1940. The van der Waals surface area contributed by atoms with Crippen molar-refractivity contribution in [1.29, 1.82) is 0 Å². The van der Waals surface area contributed by atoms with Gasteiger partial charge in [0.15, 0.2) is 6.10 Å². The lowest BCUT2D eigenvalue weighted by Gasteiger charge is -2.32. The molecule has 2 N–H and O–H groups in total. The largest absolute Gasteiger partial charge is 0.497 e. The molecule has 0 amide bonds. The second kappa shape index (κ2) is 12.3. The Kier molecular flexibility index (Phi) is 8.02. The SMILES string of the molecule is COc1ccc([C@@H]2Oc3cc(OC)cc([C@H]4[C@H](c5ccc(OC)cc5)O[C@]56OC[C@H](O)[C@H]5OC(=O)[C@]46O)c3[C@H]2c2cc(OC)cc(OC)c2)cc1. The minimum Gasteiger partial charge on any atom is -0.497 e. The molecule has 4 aromatic carbocycles. The summed E-state index contributed by atoms with van der Waals surface area (Å²) in [6.45, 7) is -0.201. The van der Waals surface area contributed by atoms with E-state index < -0.39 is 53.6 Å². The van der Waals surface area contributed by atoms with E-state index in [2.05, 4.69) is 0 Å². The molecule has 12 nitrogen and oxygen atoms in total. The minimum absolute atomic E-state index is 0.201. The second-order valence-electron chi connectivity index (χ2n) is 13.0. The normalized spacial score (nSPS) is 30.1. The highest BCUT2D eigenvalue weighted by Gasteiger charge is 2.83. The summed E-state index contributed by atoms with van der Waals surface area (Å²) in [7, 11) is 7.86. The number of rotatable bonds is 9. The van der Waals surface area contributed by atoms with Crippen molar-refractivity contribution in [2.45, 2.75) is 47.6 Å². The van der Waals surface area contributed by atoms with Crippen molar-refractivity contribution in [3.63, 3.8) is 0 Å². The number of aliphatic hydroxyl groups is 2. The van der Waals surface area contributed by atoms with Gasteiger partial charge in [-0.3, -0.25) is 0 Å². The van der Waals surface area contributed by atoms with Crippen LogP contribution in [0.5, 0.6) is 34.5 Å². The van der Waals surface area contributed by atoms with Gasteiger partial charge >= 0.3 is 5.97 Å². The highest BCUT2D eigenvalue weighted by atomic mass is 16.8. The van der Waals surface area contributed by atoms with Gasteiger partial charge in [-0.2, -0.15) is 0 Å². The van der Waals surface area contributed by atoms with E-state index in [1.165, 1.54) is 7.11 Å². The lowest BCUT2D eigenvalue weighted by molar-refractivity contribution is -0.259. The zero-order valence-electron chi connectivity index (χ0n) is 28.7. The molecule has 3 saturated heterocycles. The third kappa shape index (κ3) is 4.85. The molecule has 0 aromatic heterocycles. The van der Waals surface area contributed by atoms with Gasteiger partial charge in [-0.15, -0.1) is 0 Å². The fourth-order valence-electron chi connectivity index (χ4n) is 8.10. The van der Waals surface area contributed by atoms with Gasteiger partial charge in [-0.05, 0) is 64.7 Å². The lowest BCUT2D eigenvalue weighted by Crippen LogP contribution is -2.57. The summed E-state index contributed by atoms with van der Waals surface area (Å²) in [6, 6.07) is 23.9. The number of hydrogen-bond donors (Lipinski definition) is 2. The molecule has 0 aliphatic carbocycles. The lowest BCUT2D eigenvalue weighted by atomic mass is 9.71. The molecule has 1 spiro atoms. The summed E-state index contributed by atoms with van der Waals surface area (Å²) < 4.78 is 53.3. The highest BCUT2D eigenvalue weighted by Crippen LogP contribution is 2.66. The van der Waals surface area contributed by atoms with Crippen LogP contribution >= 0.6 is 0 Å². The molecule has 4 heterocycles. The van der Waals surface area contributed by atoms with E-state index in [1.807, 2.05) is 48.5 Å². The highest BCUT2D eigenvalue weighted by molar-refractivity contribution is 5.87. The summed E-state index contributed by atoms with van der Waals surface area (Å²) in [4.78, 5) is 14.0. The molecule has 0 radical (unpaired) electrons. The predicted molar refractivity (Wildman–Crippen MR) is 180 cm³/mol. The van der Waals surface area contributed by atoms with Gasteiger partial charge in [0.1, 0.15) is 46.7 Å². The average molecular weight is 699 g/mol. The maximum atomic E-state index is 14.0. The van der Waals surface area contributed by atoms with Gasteiger partial charge in [0.05, 0.1) is 60.1 Å². The van der Waals surface area contributed by atoms with Crippen LogP contribution in [-0.2, 0) is 19.0 Å². The van der Waals surface area contributed by atoms with Crippen LogP contribution in [0, 0.1) is 0 Å². The van der Waals surface area contributed by atoms with Crippen LogP contribution in [0.3, 0.4) is 0 Å². The van der Waals surface area contributed by atoms with Crippen LogP contribution in [0.1, 0.15) is 51.9 Å². The Balaban J connectivity index is 1.39. The van der Waals surface area contributed by atoms with Gasteiger partial charge in [-0.25, -0.2) is 4.79 Å². The first-order valence-electron chi connectivity index (χ1n) is 16.5. The zero-order valence-corrected chi connectivity index (χ0v) is 28.7. The van der Waals surface area contributed by atoms with Crippen molar-refractivity contribution in [1.82, 2.24) is 0 Å². The summed E-state index contributed by atoms with van der Waals surface area (Å²) in [5.41, 5.74) is 1.06. The summed E-state index contributed by atoms with van der Waals surface area (Å²) in [5.74, 6) is -1.30. The van der Waals surface area contributed by atoms with Crippen molar-refractivity contribution in [3.8, 4) is 34.5 Å². The van der Waals surface area contributed by atoms with Crippen LogP contribution in [-0.4, -0.2) is 81.9 Å². The van der Waals surface area contributed by atoms with Crippen LogP contribution in [0.2, 0.25) is 0 Å². The second-order valence-corrected chi connectivity index (χ2v) is 13.0. The van der Waals surface area contributed by atoms with Crippen LogP contribution in [0.15, 0.2) is 78.9 Å². The molecule has 4 aromatic rings. The molecule has 0 bridgehead atoms. The topological polar surface area (TPSA) is 141 Å². The van der Waals surface area contributed by atoms with Gasteiger partial charge in [-0.1, -0.05) is 24.3 Å². The maximum Gasteiger partial charge on any atom is 0.345 e. The molecule has 4 aliphatic rings. The van der Waals surface area contributed by atoms with Crippen LogP contribution in [0.25, 0.3) is 0 Å². The molecule has 0 unspecified atom stereocenters. The number of ether oxygens (including phenoxy) is 9. The van der Waals surface area contributed by atoms with Crippen LogP contribution in [0.4, 0.5) is 0 Å². The van der Waals surface area contributed by atoms with E-state index in [0.717, 1.165) is 11.1 Å². The van der Waals surface area contributed by atoms with E-state index >= 15 is 0 Å². The molecule has 4 aliphatic heterocycles. The quantitative estimate of drug-likeness (QED) is 0.236. The molecule has 8 rings (SSSR count). The van der Waals surface area contributed by atoms with Crippen molar-refractivity contribution < 1.29 is 57.6 Å².